The average molecular weight is 371 g/mol. The standard InChI is InChI=1S/C22H29NO4/c1-15(10-11-19-21(2,3)27-22(4,5)26-19)12-13-25-18-14-20(24)23-17-9-7-6-8-16(17)18/h6-9,12,14,16,19H,10-11,13H2,1-5H3/b15-12+. The van der Waals surface area contributed by atoms with Crippen LogP contribution in [0.1, 0.15) is 47.5 Å². The maximum absolute atomic E-state index is 11.7. The molecule has 0 radical (unpaired) electrons. The van der Waals surface area contributed by atoms with Crippen LogP contribution in [0.4, 0.5) is 0 Å². The molecule has 1 saturated heterocycles. The van der Waals surface area contributed by atoms with Gasteiger partial charge in [-0.15, -0.1) is 0 Å². The van der Waals surface area contributed by atoms with Gasteiger partial charge in [-0.1, -0.05) is 23.8 Å². The lowest BCUT2D eigenvalue weighted by Crippen LogP contribution is -2.33. The Labute approximate surface area is 161 Å². The maximum atomic E-state index is 11.7. The molecular weight excluding hydrogens is 342 g/mol. The van der Waals surface area contributed by atoms with E-state index >= 15 is 0 Å². The van der Waals surface area contributed by atoms with Crippen LogP contribution in [0.2, 0.25) is 0 Å². The van der Waals surface area contributed by atoms with Gasteiger partial charge in [-0.2, -0.15) is 0 Å². The average Bonchev–Trinajstić information content (AvgIpc) is 2.79. The van der Waals surface area contributed by atoms with E-state index in [2.05, 4.69) is 31.8 Å². The minimum atomic E-state index is -0.532. The number of dihydropyridines is 1. The van der Waals surface area contributed by atoms with Crippen molar-refractivity contribution in [3.63, 3.8) is 0 Å². The smallest absolute Gasteiger partial charge is 0.273 e. The van der Waals surface area contributed by atoms with Gasteiger partial charge in [0.05, 0.1) is 23.3 Å². The van der Waals surface area contributed by atoms with Crippen LogP contribution in [0.25, 0.3) is 0 Å². The molecule has 2 unspecified atom stereocenters. The van der Waals surface area contributed by atoms with Gasteiger partial charge in [-0.25, -0.2) is 4.99 Å². The molecule has 2 aliphatic heterocycles. The second-order valence-corrected chi connectivity index (χ2v) is 8.26. The van der Waals surface area contributed by atoms with Crippen molar-refractivity contribution in [3.05, 3.63) is 47.8 Å². The predicted octanol–water partition coefficient (Wildman–Crippen LogP) is 4.27. The number of aliphatic imine (C=N–C) groups is 1. The van der Waals surface area contributed by atoms with Gasteiger partial charge in [0.25, 0.3) is 5.91 Å². The Balaban J connectivity index is 1.51. The zero-order chi connectivity index (χ0) is 19.7. The summed E-state index contributed by atoms with van der Waals surface area (Å²) in [6.45, 7) is 10.6. The van der Waals surface area contributed by atoms with Gasteiger partial charge in [0, 0.05) is 6.08 Å². The van der Waals surface area contributed by atoms with Crippen LogP contribution in [0.3, 0.4) is 0 Å². The number of carbonyl (C=O) groups is 1. The molecule has 0 aromatic carbocycles. The van der Waals surface area contributed by atoms with Crippen LogP contribution < -0.4 is 0 Å². The van der Waals surface area contributed by atoms with E-state index < -0.39 is 5.79 Å². The largest absolute Gasteiger partial charge is 0.493 e. The van der Waals surface area contributed by atoms with Crippen molar-refractivity contribution >= 4 is 11.6 Å². The van der Waals surface area contributed by atoms with Crippen molar-refractivity contribution < 1.29 is 19.0 Å². The summed E-state index contributed by atoms with van der Waals surface area (Å²) >= 11 is 0. The summed E-state index contributed by atoms with van der Waals surface area (Å²) < 4.78 is 17.9. The fraction of sp³-hybridized carbons (Fsp3) is 0.545. The van der Waals surface area contributed by atoms with E-state index in [1.165, 1.54) is 11.6 Å². The van der Waals surface area contributed by atoms with Gasteiger partial charge in [0.1, 0.15) is 12.4 Å². The molecule has 1 aliphatic carbocycles. The first-order valence-corrected chi connectivity index (χ1v) is 9.52. The predicted molar refractivity (Wildman–Crippen MR) is 105 cm³/mol. The topological polar surface area (TPSA) is 57.1 Å². The van der Waals surface area contributed by atoms with E-state index in [9.17, 15) is 4.79 Å². The van der Waals surface area contributed by atoms with E-state index in [-0.39, 0.29) is 23.5 Å². The number of allylic oxidation sites excluding steroid dienone is 5. The Morgan fingerprint density at radius 1 is 1.30 bits per heavy atom. The minimum absolute atomic E-state index is 0.0616. The number of rotatable bonds is 6. The highest BCUT2D eigenvalue weighted by Crippen LogP contribution is 2.38. The Kier molecular flexibility index (Phi) is 5.54. The molecule has 5 heteroatoms. The zero-order valence-electron chi connectivity index (χ0n) is 16.8. The Bertz CT molecular complexity index is 752. The van der Waals surface area contributed by atoms with Crippen molar-refractivity contribution in [3.8, 4) is 0 Å². The molecule has 0 aromatic heterocycles. The lowest BCUT2D eigenvalue weighted by Gasteiger charge is -2.24. The SMILES string of the molecule is C/C(=C\COC1=CC(=O)N=C2C=CC=CC12)CCC1OC(C)(C)OC1(C)C. The van der Waals surface area contributed by atoms with Crippen molar-refractivity contribution in [2.24, 2.45) is 10.9 Å². The number of ether oxygens (including phenoxy) is 3. The monoisotopic (exact) mass is 371 g/mol. The molecule has 0 aromatic rings. The molecule has 27 heavy (non-hydrogen) atoms. The van der Waals surface area contributed by atoms with Gasteiger partial charge >= 0.3 is 0 Å². The molecule has 0 saturated carbocycles. The second-order valence-electron chi connectivity index (χ2n) is 8.26. The fourth-order valence-corrected chi connectivity index (χ4v) is 3.74. The van der Waals surface area contributed by atoms with E-state index in [1.54, 1.807) is 0 Å². The van der Waals surface area contributed by atoms with Gasteiger partial charge in [0.15, 0.2) is 5.79 Å². The van der Waals surface area contributed by atoms with Crippen molar-refractivity contribution in [2.45, 2.75) is 65.0 Å². The molecule has 0 spiro atoms. The fourth-order valence-electron chi connectivity index (χ4n) is 3.74. The molecule has 2 atom stereocenters. The first kappa shape index (κ1) is 19.8. The van der Waals surface area contributed by atoms with Crippen molar-refractivity contribution in [2.75, 3.05) is 6.61 Å². The van der Waals surface area contributed by atoms with Crippen LogP contribution >= 0.6 is 0 Å². The van der Waals surface area contributed by atoms with Crippen molar-refractivity contribution in [1.82, 2.24) is 0 Å². The number of fused-ring (bicyclic) bond motifs is 1. The molecule has 3 aliphatic rings. The lowest BCUT2D eigenvalue weighted by atomic mass is 9.94. The van der Waals surface area contributed by atoms with Crippen LogP contribution in [-0.4, -0.2) is 35.7 Å². The highest BCUT2D eigenvalue weighted by Gasteiger charge is 2.46. The van der Waals surface area contributed by atoms with Gasteiger partial charge < -0.3 is 14.2 Å². The van der Waals surface area contributed by atoms with Gasteiger partial charge in [0.2, 0.25) is 0 Å². The number of hydrogen-bond donors (Lipinski definition) is 0. The Morgan fingerprint density at radius 3 is 2.78 bits per heavy atom. The van der Waals surface area contributed by atoms with E-state index in [4.69, 9.17) is 14.2 Å². The van der Waals surface area contributed by atoms with Crippen molar-refractivity contribution in [1.29, 1.82) is 0 Å². The lowest BCUT2D eigenvalue weighted by molar-refractivity contribution is -0.157. The summed E-state index contributed by atoms with van der Waals surface area (Å²) in [6.07, 6.45) is 13.1. The number of nitrogens with zero attached hydrogens (tertiary/aromatic N) is 1. The summed E-state index contributed by atoms with van der Waals surface area (Å²) in [5, 5.41) is 0. The number of amides is 1. The summed E-state index contributed by atoms with van der Waals surface area (Å²) in [7, 11) is 0. The molecule has 0 bridgehead atoms. The molecule has 0 N–H and O–H groups in total. The summed E-state index contributed by atoms with van der Waals surface area (Å²) in [6, 6.07) is 0. The first-order chi connectivity index (χ1) is 12.7. The van der Waals surface area contributed by atoms with E-state index in [0.717, 1.165) is 18.6 Å². The molecular formula is C22H29NO4. The Morgan fingerprint density at radius 2 is 2.07 bits per heavy atom. The third kappa shape index (κ3) is 4.85. The van der Waals surface area contributed by atoms with Crippen LogP contribution in [0.5, 0.6) is 0 Å². The highest BCUT2D eigenvalue weighted by molar-refractivity contribution is 6.11. The minimum Gasteiger partial charge on any atom is -0.493 e. The Hall–Kier alpha value is -1.98. The molecule has 1 fully saturated rings. The summed E-state index contributed by atoms with van der Waals surface area (Å²) in [5.41, 5.74) is 1.68. The van der Waals surface area contributed by atoms with E-state index in [1.807, 2.05) is 38.2 Å². The second kappa shape index (κ2) is 7.56. The van der Waals surface area contributed by atoms with E-state index in [0.29, 0.717) is 12.4 Å². The van der Waals surface area contributed by atoms with Gasteiger partial charge in [-0.05, 0) is 59.6 Å². The zero-order valence-corrected chi connectivity index (χ0v) is 16.8. The molecule has 3 rings (SSSR count). The number of carbonyl (C=O) groups excluding carboxylic acids is 1. The molecule has 146 valence electrons. The molecule has 5 nitrogen and oxygen atoms in total. The molecule has 1 amide bonds. The highest BCUT2D eigenvalue weighted by atomic mass is 16.8. The summed E-state index contributed by atoms with van der Waals surface area (Å²) in [4.78, 5) is 15.8. The van der Waals surface area contributed by atoms with Gasteiger partial charge in [-0.3, -0.25) is 4.79 Å². The molecule has 2 heterocycles. The van der Waals surface area contributed by atoms with Crippen LogP contribution in [0, 0.1) is 5.92 Å². The van der Waals surface area contributed by atoms with Crippen LogP contribution in [-0.2, 0) is 19.0 Å². The van der Waals surface area contributed by atoms with Crippen LogP contribution in [0.15, 0.2) is 52.8 Å². The third-order valence-corrected chi connectivity index (χ3v) is 5.00. The third-order valence-electron chi connectivity index (χ3n) is 5.00. The number of hydrogen-bond acceptors (Lipinski definition) is 4. The first-order valence-electron chi connectivity index (χ1n) is 9.52. The normalized spacial score (nSPS) is 28.6. The quantitative estimate of drug-likeness (QED) is 0.655. The summed E-state index contributed by atoms with van der Waals surface area (Å²) in [5.74, 6) is -0.200. The maximum Gasteiger partial charge on any atom is 0.273 e.